The first-order valence-corrected chi connectivity index (χ1v) is 13.6. The van der Waals surface area contributed by atoms with Crippen molar-refractivity contribution in [1.29, 1.82) is 0 Å². The molecule has 4 aromatic rings. The van der Waals surface area contributed by atoms with Crippen molar-refractivity contribution < 1.29 is 18.3 Å². The van der Waals surface area contributed by atoms with Gasteiger partial charge in [-0.15, -0.1) is 0 Å². The Morgan fingerprint density at radius 2 is 1.68 bits per heavy atom. The number of nitrogens with one attached hydrogen (secondary N) is 1. The third-order valence-corrected chi connectivity index (χ3v) is 8.38. The van der Waals surface area contributed by atoms with Crippen LogP contribution in [0.3, 0.4) is 0 Å². The summed E-state index contributed by atoms with van der Waals surface area (Å²) in [6, 6.07) is 22.1. The molecule has 37 heavy (non-hydrogen) atoms. The number of carbonyl (C=O) groups excluding carboxylic acids is 1. The van der Waals surface area contributed by atoms with Crippen molar-refractivity contribution in [2.24, 2.45) is 0 Å². The van der Waals surface area contributed by atoms with Crippen molar-refractivity contribution in [3.63, 3.8) is 0 Å². The smallest absolute Gasteiger partial charge is 0.268 e. The van der Waals surface area contributed by atoms with Gasteiger partial charge >= 0.3 is 0 Å². The second-order valence-electron chi connectivity index (χ2n) is 9.48. The molecule has 2 N–H and O–H groups in total. The predicted octanol–water partition coefficient (Wildman–Crippen LogP) is 4.23. The highest BCUT2D eigenvalue weighted by molar-refractivity contribution is 7.90. The number of allylic oxidation sites excluding steroid dienone is 1. The molecular weight excluding hydrogens is 486 g/mol. The standard InChI is InChI=1S/C29H29N3O4S/c1-31(2)19-7-18-30-22-12-14-23(15-13-22)37(35,36)32-26-11-6-3-8-21(26)20-28(32)29(34)17-16-27(33)24-9-4-5-10-25(24)29/h3-6,8-17,20,30,34H,7,18-19H2,1-2H3. The second kappa shape index (κ2) is 9.63. The molecule has 0 saturated carbocycles. The highest BCUT2D eigenvalue weighted by Gasteiger charge is 2.40. The van der Waals surface area contributed by atoms with Crippen molar-refractivity contribution >= 4 is 32.4 Å². The van der Waals surface area contributed by atoms with E-state index in [9.17, 15) is 18.3 Å². The maximum Gasteiger partial charge on any atom is 0.268 e. The molecule has 1 aliphatic carbocycles. The van der Waals surface area contributed by atoms with Gasteiger partial charge in [-0.3, -0.25) is 4.79 Å². The number of carbonyl (C=O) groups is 1. The van der Waals surface area contributed by atoms with E-state index in [1.807, 2.05) is 20.2 Å². The molecule has 3 aromatic carbocycles. The van der Waals surface area contributed by atoms with Crippen LogP contribution in [0.1, 0.15) is 28.0 Å². The predicted molar refractivity (Wildman–Crippen MR) is 146 cm³/mol. The van der Waals surface area contributed by atoms with Gasteiger partial charge in [0, 0.05) is 28.7 Å². The van der Waals surface area contributed by atoms with Gasteiger partial charge in [-0.2, -0.15) is 0 Å². The Morgan fingerprint density at radius 3 is 2.43 bits per heavy atom. The lowest BCUT2D eigenvalue weighted by atomic mass is 9.81. The van der Waals surface area contributed by atoms with E-state index in [4.69, 9.17) is 0 Å². The summed E-state index contributed by atoms with van der Waals surface area (Å²) in [6.07, 6.45) is 3.63. The normalized spacial score (nSPS) is 17.4. The zero-order chi connectivity index (χ0) is 26.2. The van der Waals surface area contributed by atoms with E-state index in [1.165, 1.54) is 16.1 Å². The van der Waals surface area contributed by atoms with Crippen molar-refractivity contribution in [3.05, 3.63) is 108 Å². The summed E-state index contributed by atoms with van der Waals surface area (Å²) in [4.78, 5) is 14.7. The number of hydrogen-bond donors (Lipinski definition) is 2. The average molecular weight is 516 g/mol. The Hall–Kier alpha value is -3.72. The SMILES string of the molecule is CN(C)CCCNc1ccc(S(=O)(=O)n2c(C3(O)C=CC(=O)c4ccccc43)cc3ccccc32)cc1. The van der Waals surface area contributed by atoms with Crippen LogP contribution in [0.2, 0.25) is 0 Å². The first-order chi connectivity index (χ1) is 17.7. The molecule has 0 aliphatic heterocycles. The monoisotopic (exact) mass is 515 g/mol. The van der Waals surface area contributed by atoms with Gasteiger partial charge in [0.1, 0.15) is 0 Å². The highest BCUT2D eigenvalue weighted by Crippen LogP contribution is 2.40. The number of ketones is 1. The molecule has 1 aliphatic rings. The molecule has 1 unspecified atom stereocenters. The molecule has 0 spiro atoms. The number of anilines is 1. The Labute approximate surface area is 216 Å². The Balaban J connectivity index is 1.59. The first-order valence-electron chi connectivity index (χ1n) is 12.1. The van der Waals surface area contributed by atoms with E-state index < -0.39 is 15.6 Å². The third kappa shape index (κ3) is 4.48. The van der Waals surface area contributed by atoms with E-state index in [-0.39, 0.29) is 16.4 Å². The van der Waals surface area contributed by atoms with Gasteiger partial charge in [-0.25, -0.2) is 12.4 Å². The summed E-state index contributed by atoms with van der Waals surface area (Å²) < 4.78 is 29.3. The van der Waals surface area contributed by atoms with Crippen molar-refractivity contribution in [2.45, 2.75) is 16.9 Å². The number of benzene rings is 3. The zero-order valence-corrected chi connectivity index (χ0v) is 21.6. The van der Waals surface area contributed by atoms with E-state index in [0.717, 1.165) is 25.2 Å². The lowest BCUT2D eigenvalue weighted by molar-refractivity contribution is 0.0981. The summed E-state index contributed by atoms with van der Waals surface area (Å²) >= 11 is 0. The fourth-order valence-electron chi connectivity index (χ4n) is 4.76. The number of nitrogens with zero attached hydrogens (tertiary/aromatic N) is 2. The first kappa shape index (κ1) is 25.0. The molecular formula is C29H29N3O4S. The lowest BCUT2D eigenvalue weighted by Gasteiger charge is -2.31. The number of aliphatic hydroxyl groups is 1. The van der Waals surface area contributed by atoms with E-state index in [2.05, 4.69) is 10.2 Å². The minimum Gasteiger partial charge on any atom is -0.385 e. The molecule has 190 valence electrons. The fraction of sp³-hybridized carbons (Fsp3) is 0.207. The number of aromatic nitrogens is 1. The second-order valence-corrected chi connectivity index (χ2v) is 11.3. The molecule has 1 atom stereocenters. The minimum absolute atomic E-state index is 0.0988. The van der Waals surface area contributed by atoms with E-state index in [1.54, 1.807) is 72.8 Å². The zero-order valence-electron chi connectivity index (χ0n) is 20.8. The van der Waals surface area contributed by atoms with Gasteiger partial charge in [-0.1, -0.05) is 42.5 Å². The number of hydrogen-bond acceptors (Lipinski definition) is 6. The number of rotatable bonds is 8. The van der Waals surface area contributed by atoms with Crippen LogP contribution in [0.5, 0.6) is 0 Å². The number of fused-ring (bicyclic) bond motifs is 2. The Bertz CT molecular complexity index is 1600. The van der Waals surface area contributed by atoms with Crippen LogP contribution >= 0.6 is 0 Å². The van der Waals surface area contributed by atoms with E-state index in [0.29, 0.717) is 22.0 Å². The van der Waals surface area contributed by atoms with Crippen LogP contribution in [0.15, 0.2) is 95.9 Å². The molecule has 0 radical (unpaired) electrons. The summed E-state index contributed by atoms with van der Waals surface area (Å²) in [5.41, 5.74) is 0.294. The van der Waals surface area contributed by atoms with Crippen LogP contribution < -0.4 is 5.32 Å². The largest absolute Gasteiger partial charge is 0.385 e. The van der Waals surface area contributed by atoms with Gasteiger partial charge in [0.2, 0.25) is 0 Å². The fourth-order valence-corrected chi connectivity index (χ4v) is 6.33. The molecule has 1 heterocycles. The molecule has 0 amide bonds. The van der Waals surface area contributed by atoms with Gasteiger partial charge < -0.3 is 15.3 Å². The summed E-state index contributed by atoms with van der Waals surface area (Å²) in [5, 5.41) is 16.0. The molecule has 0 bridgehead atoms. The van der Waals surface area contributed by atoms with Crippen LogP contribution in [0.4, 0.5) is 5.69 Å². The van der Waals surface area contributed by atoms with Crippen molar-refractivity contribution in [2.75, 3.05) is 32.5 Å². The maximum atomic E-state index is 14.1. The maximum absolute atomic E-state index is 14.1. The summed E-state index contributed by atoms with van der Waals surface area (Å²) in [7, 11) is -0.0607. The Kier molecular flexibility index (Phi) is 6.49. The van der Waals surface area contributed by atoms with Gasteiger partial charge in [0.05, 0.1) is 16.1 Å². The summed E-state index contributed by atoms with van der Waals surface area (Å²) in [5.74, 6) is -0.237. The van der Waals surface area contributed by atoms with Crippen molar-refractivity contribution in [3.8, 4) is 0 Å². The molecule has 7 nitrogen and oxygen atoms in total. The molecule has 0 saturated heterocycles. The minimum atomic E-state index is -4.11. The highest BCUT2D eigenvalue weighted by atomic mass is 32.2. The van der Waals surface area contributed by atoms with Gasteiger partial charge in [0.25, 0.3) is 10.0 Å². The van der Waals surface area contributed by atoms with Crippen LogP contribution in [0, 0.1) is 0 Å². The quantitative estimate of drug-likeness (QED) is 0.341. The molecule has 1 aromatic heterocycles. The average Bonchev–Trinajstić information content (AvgIpc) is 3.31. The van der Waals surface area contributed by atoms with Crippen LogP contribution in [-0.4, -0.2) is 55.4 Å². The van der Waals surface area contributed by atoms with Gasteiger partial charge in [0.15, 0.2) is 11.4 Å². The topological polar surface area (TPSA) is 91.6 Å². The Morgan fingerprint density at radius 1 is 0.973 bits per heavy atom. The van der Waals surface area contributed by atoms with Crippen molar-refractivity contribution in [1.82, 2.24) is 8.87 Å². The molecule has 8 heteroatoms. The molecule has 5 rings (SSSR count). The third-order valence-electron chi connectivity index (χ3n) is 6.64. The molecule has 0 fully saturated rings. The lowest BCUT2D eigenvalue weighted by Crippen LogP contribution is -2.34. The van der Waals surface area contributed by atoms with E-state index >= 15 is 0 Å². The number of para-hydroxylation sites is 1. The van der Waals surface area contributed by atoms with Crippen LogP contribution in [-0.2, 0) is 15.6 Å². The van der Waals surface area contributed by atoms with Crippen LogP contribution in [0.25, 0.3) is 10.9 Å². The summed E-state index contributed by atoms with van der Waals surface area (Å²) in [6.45, 7) is 1.73. The van der Waals surface area contributed by atoms with Gasteiger partial charge in [-0.05, 0) is 75.6 Å².